The van der Waals surface area contributed by atoms with E-state index in [0.717, 1.165) is 22.9 Å². The van der Waals surface area contributed by atoms with Crippen molar-refractivity contribution in [1.29, 1.82) is 0 Å². The molecule has 5 heteroatoms. The van der Waals surface area contributed by atoms with E-state index >= 15 is 0 Å². The molecule has 1 aromatic carbocycles. The number of benzene rings is 1. The van der Waals surface area contributed by atoms with Gasteiger partial charge < -0.3 is 10.2 Å². The minimum Gasteiger partial charge on any atom is -0.354 e. The molecule has 1 rings (SSSR count). The minimum absolute atomic E-state index is 0.0129. The third-order valence-electron chi connectivity index (χ3n) is 3.57. The second-order valence-corrected chi connectivity index (χ2v) is 6.24. The molecule has 0 saturated heterocycles. The Kier molecular flexibility index (Phi) is 8.17. The van der Waals surface area contributed by atoms with Crippen LogP contribution in [-0.2, 0) is 16.1 Å². The van der Waals surface area contributed by atoms with Crippen molar-refractivity contribution in [2.45, 2.75) is 52.6 Å². The number of carbonyl (C=O) groups excluding carboxylic acids is 2. The Labute approximate surface area is 141 Å². The van der Waals surface area contributed by atoms with Gasteiger partial charge in [0.15, 0.2) is 0 Å². The van der Waals surface area contributed by atoms with Gasteiger partial charge in [-0.05, 0) is 31.0 Å². The van der Waals surface area contributed by atoms with E-state index in [-0.39, 0.29) is 11.8 Å². The monoisotopic (exact) mass is 368 g/mol. The van der Waals surface area contributed by atoms with Crippen LogP contribution in [0.4, 0.5) is 0 Å². The van der Waals surface area contributed by atoms with Crippen LogP contribution in [0.5, 0.6) is 0 Å². The molecule has 2 amide bonds. The summed E-state index contributed by atoms with van der Waals surface area (Å²) in [6, 6.07) is 7.34. The Morgan fingerprint density at radius 2 is 1.86 bits per heavy atom. The molecule has 22 heavy (non-hydrogen) atoms. The normalized spacial score (nSPS) is 11.8. The maximum Gasteiger partial charge on any atom is 0.242 e. The fourth-order valence-electron chi connectivity index (χ4n) is 2.11. The van der Waals surface area contributed by atoms with Crippen molar-refractivity contribution in [2.24, 2.45) is 0 Å². The van der Waals surface area contributed by atoms with Crippen LogP contribution < -0.4 is 5.32 Å². The smallest absolute Gasteiger partial charge is 0.242 e. The van der Waals surface area contributed by atoms with E-state index in [1.807, 2.05) is 31.2 Å². The van der Waals surface area contributed by atoms with E-state index in [2.05, 4.69) is 28.2 Å². The Balaban J connectivity index is 2.76. The van der Waals surface area contributed by atoms with Gasteiger partial charge in [0.25, 0.3) is 0 Å². The Hall–Kier alpha value is -1.36. The molecule has 0 aliphatic rings. The highest BCUT2D eigenvalue weighted by molar-refractivity contribution is 9.10. The summed E-state index contributed by atoms with van der Waals surface area (Å²) in [6.07, 6.45) is 2.38. The highest BCUT2D eigenvalue weighted by atomic mass is 79.9. The molecular formula is C17H25BrN2O2. The topological polar surface area (TPSA) is 49.4 Å². The van der Waals surface area contributed by atoms with E-state index in [1.54, 1.807) is 11.8 Å². The standard InChI is InChI=1S/C17H25BrN2O2/c1-4-6-11-19-17(22)13(3)20(16(21)5-2)12-14-7-9-15(18)10-8-14/h7-10,13H,4-6,11-12H2,1-3H3,(H,19,22). The van der Waals surface area contributed by atoms with Crippen LogP contribution in [-0.4, -0.2) is 29.3 Å². The number of amides is 2. The summed E-state index contributed by atoms with van der Waals surface area (Å²) in [7, 11) is 0. The number of nitrogens with zero attached hydrogens (tertiary/aromatic N) is 1. The molecule has 0 saturated carbocycles. The van der Waals surface area contributed by atoms with Crippen molar-refractivity contribution in [3.05, 3.63) is 34.3 Å². The first-order chi connectivity index (χ1) is 10.5. The summed E-state index contributed by atoms with van der Waals surface area (Å²) in [5.41, 5.74) is 1.01. The fourth-order valence-corrected chi connectivity index (χ4v) is 2.37. The molecule has 122 valence electrons. The third-order valence-corrected chi connectivity index (χ3v) is 4.09. The van der Waals surface area contributed by atoms with Crippen LogP contribution in [0, 0.1) is 0 Å². The van der Waals surface area contributed by atoms with E-state index in [9.17, 15) is 9.59 Å². The Bertz CT molecular complexity index is 488. The van der Waals surface area contributed by atoms with E-state index < -0.39 is 6.04 Å². The molecule has 1 atom stereocenters. The number of halogens is 1. The van der Waals surface area contributed by atoms with Crippen molar-refractivity contribution in [1.82, 2.24) is 10.2 Å². The SMILES string of the molecule is CCCCNC(=O)C(C)N(Cc1ccc(Br)cc1)C(=O)CC. The average molecular weight is 369 g/mol. The van der Waals surface area contributed by atoms with Crippen LogP contribution in [0.15, 0.2) is 28.7 Å². The van der Waals surface area contributed by atoms with Crippen LogP contribution in [0.3, 0.4) is 0 Å². The predicted molar refractivity (Wildman–Crippen MR) is 92.4 cm³/mol. The van der Waals surface area contributed by atoms with Crippen molar-refractivity contribution < 1.29 is 9.59 Å². The van der Waals surface area contributed by atoms with Crippen molar-refractivity contribution >= 4 is 27.7 Å². The van der Waals surface area contributed by atoms with Gasteiger partial charge >= 0.3 is 0 Å². The van der Waals surface area contributed by atoms with Gasteiger partial charge in [0.1, 0.15) is 6.04 Å². The second-order valence-electron chi connectivity index (χ2n) is 5.32. The highest BCUT2D eigenvalue weighted by Gasteiger charge is 2.24. The van der Waals surface area contributed by atoms with E-state index in [1.165, 1.54) is 0 Å². The van der Waals surface area contributed by atoms with Gasteiger partial charge in [0.05, 0.1) is 0 Å². The van der Waals surface area contributed by atoms with E-state index in [4.69, 9.17) is 0 Å². The van der Waals surface area contributed by atoms with Gasteiger partial charge in [-0.2, -0.15) is 0 Å². The molecule has 0 spiro atoms. The molecular weight excluding hydrogens is 344 g/mol. The quantitative estimate of drug-likeness (QED) is 0.713. The van der Waals surface area contributed by atoms with Crippen LogP contribution in [0.2, 0.25) is 0 Å². The second kappa shape index (κ2) is 9.62. The lowest BCUT2D eigenvalue weighted by Gasteiger charge is -2.28. The molecule has 0 aliphatic heterocycles. The summed E-state index contributed by atoms with van der Waals surface area (Å²) >= 11 is 3.40. The number of unbranched alkanes of at least 4 members (excludes halogenated alkanes) is 1. The molecule has 0 radical (unpaired) electrons. The summed E-state index contributed by atoms with van der Waals surface area (Å²) in [4.78, 5) is 26.1. The van der Waals surface area contributed by atoms with Gasteiger partial charge in [-0.3, -0.25) is 9.59 Å². The fraction of sp³-hybridized carbons (Fsp3) is 0.529. The lowest BCUT2D eigenvalue weighted by molar-refractivity contribution is -0.140. The molecule has 1 unspecified atom stereocenters. The zero-order valence-electron chi connectivity index (χ0n) is 13.6. The lowest BCUT2D eigenvalue weighted by atomic mass is 10.1. The largest absolute Gasteiger partial charge is 0.354 e. The van der Waals surface area contributed by atoms with Crippen molar-refractivity contribution in [2.75, 3.05) is 6.54 Å². The van der Waals surface area contributed by atoms with Crippen LogP contribution in [0.1, 0.15) is 45.6 Å². The van der Waals surface area contributed by atoms with Gasteiger partial charge in [0, 0.05) is 24.0 Å². The number of hydrogen-bond donors (Lipinski definition) is 1. The van der Waals surface area contributed by atoms with Crippen molar-refractivity contribution in [3.63, 3.8) is 0 Å². The Morgan fingerprint density at radius 1 is 1.23 bits per heavy atom. The molecule has 4 nitrogen and oxygen atoms in total. The zero-order chi connectivity index (χ0) is 16.5. The van der Waals surface area contributed by atoms with Gasteiger partial charge in [-0.25, -0.2) is 0 Å². The van der Waals surface area contributed by atoms with Crippen molar-refractivity contribution in [3.8, 4) is 0 Å². The molecule has 0 aromatic heterocycles. The highest BCUT2D eigenvalue weighted by Crippen LogP contribution is 2.14. The van der Waals surface area contributed by atoms with Gasteiger partial charge in [0.2, 0.25) is 11.8 Å². The van der Waals surface area contributed by atoms with Crippen LogP contribution in [0.25, 0.3) is 0 Å². The maximum atomic E-state index is 12.2. The molecule has 0 aliphatic carbocycles. The molecule has 0 heterocycles. The molecule has 1 N–H and O–H groups in total. The number of hydrogen-bond acceptors (Lipinski definition) is 2. The van der Waals surface area contributed by atoms with Gasteiger partial charge in [-0.15, -0.1) is 0 Å². The molecule has 0 fully saturated rings. The number of nitrogens with one attached hydrogen (secondary N) is 1. The summed E-state index contributed by atoms with van der Waals surface area (Å²) in [5, 5.41) is 2.90. The van der Waals surface area contributed by atoms with E-state index in [0.29, 0.717) is 19.5 Å². The number of rotatable bonds is 8. The minimum atomic E-state index is -0.465. The Morgan fingerprint density at radius 3 is 2.41 bits per heavy atom. The summed E-state index contributed by atoms with van der Waals surface area (Å²) in [5.74, 6) is -0.103. The molecule has 0 bridgehead atoms. The molecule has 1 aromatic rings. The number of carbonyl (C=O) groups is 2. The summed E-state index contributed by atoms with van der Waals surface area (Å²) < 4.78 is 0.995. The zero-order valence-corrected chi connectivity index (χ0v) is 15.1. The predicted octanol–water partition coefficient (Wildman–Crippen LogP) is 3.49. The van der Waals surface area contributed by atoms with Crippen LogP contribution >= 0.6 is 15.9 Å². The summed E-state index contributed by atoms with van der Waals surface area (Å²) in [6.45, 7) is 6.79. The van der Waals surface area contributed by atoms with Gasteiger partial charge in [-0.1, -0.05) is 48.3 Å². The maximum absolute atomic E-state index is 12.2. The first kappa shape index (κ1) is 18.7. The average Bonchev–Trinajstić information content (AvgIpc) is 2.53. The third kappa shape index (κ3) is 5.79. The lowest BCUT2D eigenvalue weighted by Crippen LogP contribution is -2.47. The first-order valence-electron chi connectivity index (χ1n) is 7.81. The first-order valence-corrected chi connectivity index (χ1v) is 8.60.